The van der Waals surface area contributed by atoms with Gasteiger partial charge in [0.05, 0.1) is 31.5 Å². The van der Waals surface area contributed by atoms with Crippen LogP contribution in [0.3, 0.4) is 0 Å². The van der Waals surface area contributed by atoms with Crippen molar-refractivity contribution < 1.29 is 9.47 Å². The van der Waals surface area contributed by atoms with Gasteiger partial charge in [0.15, 0.2) is 0 Å². The standard InChI is InChI=1S/C27H31N3O2/c1-5-12-29-17-25-27-23(18(2)22-8-6-7-9-24(22)28-27)13-20(29)16-30(25)15-19-10-11-21(31-3)14-26(19)32-4/h5-11,14,20,25H,1,12-13,15-17H2,2-4H3/t20-,25+/m1/s1. The van der Waals surface area contributed by atoms with Gasteiger partial charge in [0, 0.05) is 49.2 Å². The van der Waals surface area contributed by atoms with Crippen LogP contribution in [0, 0.1) is 6.92 Å². The van der Waals surface area contributed by atoms with E-state index >= 15 is 0 Å². The fourth-order valence-electron chi connectivity index (χ4n) is 5.43. The Morgan fingerprint density at radius 2 is 1.94 bits per heavy atom. The number of rotatable bonds is 6. The van der Waals surface area contributed by atoms with Gasteiger partial charge < -0.3 is 9.47 Å². The van der Waals surface area contributed by atoms with Crippen LogP contribution < -0.4 is 9.47 Å². The Kier molecular flexibility index (Phi) is 5.62. The van der Waals surface area contributed by atoms with Crippen LogP contribution in [0.25, 0.3) is 10.9 Å². The fraction of sp³-hybridized carbons (Fsp3) is 0.370. The van der Waals surface area contributed by atoms with Crippen molar-refractivity contribution >= 4 is 10.9 Å². The van der Waals surface area contributed by atoms with Crippen molar-refractivity contribution in [2.75, 3.05) is 33.9 Å². The number of hydrogen-bond acceptors (Lipinski definition) is 5. The molecule has 0 spiro atoms. The molecule has 6 rings (SSSR count). The first-order chi connectivity index (χ1) is 15.6. The molecular formula is C27H31N3O2. The van der Waals surface area contributed by atoms with Crippen molar-refractivity contribution in [1.29, 1.82) is 0 Å². The van der Waals surface area contributed by atoms with E-state index in [2.05, 4.69) is 53.6 Å². The maximum atomic E-state index is 5.70. The molecule has 2 bridgehead atoms. The minimum absolute atomic E-state index is 0.235. The van der Waals surface area contributed by atoms with Gasteiger partial charge in [0.1, 0.15) is 11.5 Å². The first kappa shape index (κ1) is 21.0. The first-order valence-electron chi connectivity index (χ1n) is 11.3. The number of piperazine rings is 1. The number of aromatic nitrogens is 1. The number of nitrogens with zero attached hydrogens (tertiary/aromatic N) is 3. The predicted octanol–water partition coefficient (Wildman–Crippen LogP) is 4.53. The molecule has 5 nitrogen and oxygen atoms in total. The molecule has 1 aromatic heterocycles. The van der Waals surface area contributed by atoms with Crippen LogP contribution in [0.1, 0.15) is 28.4 Å². The normalized spacial score (nSPS) is 20.7. The number of benzene rings is 2. The predicted molar refractivity (Wildman–Crippen MR) is 128 cm³/mol. The van der Waals surface area contributed by atoms with Crippen molar-refractivity contribution in [2.24, 2.45) is 0 Å². The van der Waals surface area contributed by atoms with Crippen LogP contribution in [0.2, 0.25) is 0 Å². The molecule has 0 saturated carbocycles. The average Bonchev–Trinajstić information content (AvgIpc) is 3.06. The summed E-state index contributed by atoms with van der Waals surface area (Å²) in [4.78, 5) is 10.4. The van der Waals surface area contributed by atoms with Crippen LogP contribution >= 0.6 is 0 Å². The van der Waals surface area contributed by atoms with Gasteiger partial charge in [-0.15, -0.1) is 6.58 Å². The molecule has 32 heavy (non-hydrogen) atoms. The number of aryl methyl sites for hydroxylation is 1. The number of pyridine rings is 1. The highest BCUT2D eigenvalue weighted by atomic mass is 16.5. The molecule has 0 radical (unpaired) electrons. The zero-order valence-corrected chi connectivity index (χ0v) is 19.2. The second kappa shape index (κ2) is 8.57. The molecule has 3 aliphatic heterocycles. The van der Waals surface area contributed by atoms with E-state index in [0.29, 0.717) is 6.04 Å². The molecular weight excluding hydrogens is 398 g/mol. The highest BCUT2D eigenvalue weighted by Gasteiger charge is 2.40. The maximum Gasteiger partial charge on any atom is 0.127 e. The Morgan fingerprint density at radius 1 is 1.09 bits per heavy atom. The van der Waals surface area contributed by atoms with Gasteiger partial charge in [0.2, 0.25) is 0 Å². The molecule has 0 aliphatic carbocycles. The smallest absolute Gasteiger partial charge is 0.127 e. The highest BCUT2D eigenvalue weighted by molar-refractivity contribution is 5.83. The van der Waals surface area contributed by atoms with E-state index in [0.717, 1.165) is 49.6 Å². The quantitative estimate of drug-likeness (QED) is 0.538. The van der Waals surface area contributed by atoms with Crippen LogP contribution in [-0.4, -0.2) is 54.7 Å². The van der Waals surface area contributed by atoms with Gasteiger partial charge in [-0.25, -0.2) is 0 Å². The van der Waals surface area contributed by atoms with Gasteiger partial charge >= 0.3 is 0 Å². The summed E-state index contributed by atoms with van der Waals surface area (Å²) in [5, 5.41) is 1.27. The number of para-hydroxylation sites is 1. The summed E-state index contributed by atoms with van der Waals surface area (Å²) in [6.07, 6.45) is 3.05. The molecule has 1 fully saturated rings. The summed E-state index contributed by atoms with van der Waals surface area (Å²) in [6.45, 7) is 9.97. The molecule has 0 unspecified atom stereocenters. The van der Waals surface area contributed by atoms with Crippen LogP contribution in [0.15, 0.2) is 55.1 Å². The summed E-state index contributed by atoms with van der Waals surface area (Å²) in [7, 11) is 3.41. The molecule has 3 aliphatic rings. The Hall–Kier alpha value is -2.89. The van der Waals surface area contributed by atoms with Crippen LogP contribution in [0.5, 0.6) is 11.5 Å². The van der Waals surface area contributed by atoms with Crippen LogP contribution in [0.4, 0.5) is 0 Å². The summed E-state index contributed by atoms with van der Waals surface area (Å²) >= 11 is 0. The van der Waals surface area contributed by atoms with E-state index in [-0.39, 0.29) is 6.04 Å². The average molecular weight is 430 g/mol. The lowest BCUT2D eigenvalue weighted by Crippen LogP contribution is -2.53. The van der Waals surface area contributed by atoms with Gasteiger partial charge in [-0.1, -0.05) is 30.3 Å². The molecule has 0 N–H and O–H groups in total. The third kappa shape index (κ3) is 3.55. The third-order valence-electron chi connectivity index (χ3n) is 7.11. The molecule has 166 valence electrons. The Morgan fingerprint density at radius 3 is 2.72 bits per heavy atom. The Labute approximate surface area is 190 Å². The summed E-state index contributed by atoms with van der Waals surface area (Å²) < 4.78 is 11.1. The lowest BCUT2D eigenvalue weighted by atomic mass is 9.96. The molecule has 2 aromatic carbocycles. The molecule has 1 saturated heterocycles. The van der Waals surface area contributed by atoms with Crippen molar-refractivity contribution in [2.45, 2.75) is 32.0 Å². The summed E-state index contributed by atoms with van der Waals surface area (Å²) in [6, 6.07) is 15.3. The molecule has 3 aromatic rings. The van der Waals surface area contributed by atoms with E-state index in [1.807, 2.05) is 18.2 Å². The van der Waals surface area contributed by atoms with Gasteiger partial charge in [-0.3, -0.25) is 14.8 Å². The number of hydrogen-bond donors (Lipinski definition) is 0. The minimum Gasteiger partial charge on any atom is -0.497 e. The van der Waals surface area contributed by atoms with Gasteiger partial charge in [0.25, 0.3) is 0 Å². The second-order valence-electron chi connectivity index (χ2n) is 8.84. The molecule has 5 heteroatoms. The lowest BCUT2D eigenvalue weighted by Gasteiger charge is -2.43. The third-order valence-corrected chi connectivity index (χ3v) is 7.11. The first-order valence-corrected chi connectivity index (χ1v) is 11.3. The minimum atomic E-state index is 0.235. The Bertz CT molecular complexity index is 1160. The topological polar surface area (TPSA) is 37.8 Å². The van der Waals surface area contributed by atoms with Crippen molar-refractivity contribution in [3.63, 3.8) is 0 Å². The van der Waals surface area contributed by atoms with Gasteiger partial charge in [-0.2, -0.15) is 0 Å². The number of fused-ring (bicyclic) bond motifs is 3. The second-order valence-corrected chi connectivity index (χ2v) is 8.84. The SMILES string of the molecule is C=CCN1C[C@H]2c3nc4ccccc4c(C)c3C[C@@H]1CN2Cc1ccc(OC)cc1OC. The van der Waals surface area contributed by atoms with Gasteiger partial charge in [-0.05, 0) is 36.6 Å². The van der Waals surface area contributed by atoms with E-state index < -0.39 is 0 Å². The number of ether oxygens (including phenoxy) is 2. The van der Waals surface area contributed by atoms with E-state index in [4.69, 9.17) is 14.5 Å². The van der Waals surface area contributed by atoms with Crippen molar-refractivity contribution in [3.8, 4) is 11.5 Å². The number of methoxy groups -OCH3 is 2. The van der Waals surface area contributed by atoms with Crippen LogP contribution in [-0.2, 0) is 13.0 Å². The largest absolute Gasteiger partial charge is 0.497 e. The maximum absolute atomic E-state index is 5.70. The molecule has 2 atom stereocenters. The molecule has 4 heterocycles. The monoisotopic (exact) mass is 429 g/mol. The summed E-state index contributed by atoms with van der Waals surface area (Å²) in [5.41, 5.74) is 6.31. The molecule has 0 amide bonds. The Balaban J connectivity index is 1.58. The lowest BCUT2D eigenvalue weighted by molar-refractivity contribution is 0.0361. The highest BCUT2D eigenvalue weighted by Crippen LogP contribution is 2.40. The summed E-state index contributed by atoms with van der Waals surface area (Å²) in [5.74, 6) is 1.68. The van der Waals surface area contributed by atoms with E-state index in [1.165, 1.54) is 27.8 Å². The zero-order valence-electron chi connectivity index (χ0n) is 19.2. The fourth-order valence-corrected chi connectivity index (χ4v) is 5.43. The van der Waals surface area contributed by atoms with E-state index in [9.17, 15) is 0 Å². The van der Waals surface area contributed by atoms with Crippen molar-refractivity contribution in [1.82, 2.24) is 14.8 Å². The van der Waals surface area contributed by atoms with Crippen molar-refractivity contribution in [3.05, 3.63) is 77.5 Å². The zero-order chi connectivity index (χ0) is 22.2. The van der Waals surface area contributed by atoms with E-state index in [1.54, 1.807) is 14.2 Å².